The van der Waals surface area contributed by atoms with Crippen LogP contribution in [-0.2, 0) is 16.1 Å². The Morgan fingerprint density at radius 3 is 2.77 bits per heavy atom. The number of hydrogen-bond acceptors (Lipinski definition) is 6. The fraction of sp³-hybridized carbons (Fsp3) is 0.611. The zero-order valence-electron chi connectivity index (χ0n) is 16.7. The van der Waals surface area contributed by atoms with E-state index >= 15 is 0 Å². The van der Waals surface area contributed by atoms with Gasteiger partial charge in [-0.05, 0) is 25.8 Å². The predicted octanol–water partition coefficient (Wildman–Crippen LogP) is 1.89. The fourth-order valence-corrected chi connectivity index (χ4v) is 3.84. The quantitative estimate of drug-likeness (QED) is 0.492. The van der Waals surface area contributed by atoms with Gasteiger partial charge in [-0.3, -0.25) is 9.48 Å². The molecule has 2 aromatic heterocycles. The summed E-state index contributed by atoms with van der Waals surface area (Å²) in [5, 5.41) is 23.9. The molecular formula is C18H24Cl2N6O4. The topological polar surface area (TPSA) is 124 Å². The minimum absolute atomic E-state index is 0.0572. The molecule has 0 aliphatic heterocycles. The summed E-state index contributed by atoms with van der Waals surface area (Å²) in [6, 6.07) is 0.705. The largest absolute Gasteiger partial charge is 0.476 e. The summed E-state index contributed by atoms with van der Waals surface area (Å²) in [5.41, 5.74) is 0.278. The van der Waals surface area contributed by atoms with Crippen molar-refractivity contribution in [3.8, 4) is 0 Å². The van der Waals surface area contributed by atoms with Gasteiger partial charge in [-0.15, -0.1) is 28.3 Å². The Hall–Kier alpha value is -2.17. The van der Waals surface area contributed by atoms with Crippen LogP contribution in [-0.4, -0.2) is 65.8 Å². The van der Waals surface area contributed by atoms with Gasteiger partial charge in [0.15, 0.2) is 11.7 Å². The van der Waals surface area contributed by atoms with Gasteiger partial charge in [0.1, 0.15) is 10.0 Å². The number of rotatable bonds is 11. The van der Waals surface area contributed by atoms with Crippen molar-refractivity contribution >= 4 is 35.1 Å². The Morgan fingerprint density at radius 1 is 1.43 bits per heavy atom. The smallest absolute Gasteiger partial charge is 0.356 e. The number of halogens is 2. The number of alkyl halides is 2. The van der Waals surface area contributed by atoms with Crippen molar-refractivity contribution in [1.29, 1.82) is 0 Å². The van der Waals surface area contributed by atoms with Crippen molar-refractivity contribution in [2.75, 3.05) is 19.8 Å². The Balaban J connectivity index is 1.61. The van der Waals surface area contributed by atoms with Crippen LogP contribution in [0.4, 0.5) is 0 Å². The molecule has 30 heavy (non-hydrogen) atoms. The lowest BCUT2D eigenvalue weighted by Crippen LogP contribution is -2.37. The van der Waals surface area contributed by atoms with Crippen LogP contribution in [0.5, 0.6) is 0 Å². The van der Waals surface area contributed by atoms with Crippen molar-refractivity contribution in [2.45, 2.75) is 43.6 Å². The van der Waals surface area contributed by atoms with Gasteiger partial charge in [-0.2, -0.15) is 5.10 Å². The van der Waals surface area contributed by atoms with Gasteiger partial charge in [0.25, 0.3) is 0 Å². The number of carbonyl (C=O) groups is 2. The number of aromatic carboxylic acids is 1. The fourth-order valence-electron chi connectivity index (χ4n) is 3.07. The van der Waals surface area contributed by atoms with Gasteiger partial charge in [-0.1, -0.05) is 12.1 Å². The van der Waals surface area contributed by atoms with Crippen LogP contribution >= 0.6 is 23.2 Å². The molecule has 1 saturated carbocycles. The van der Waals surface area contributed by atoms with Crippen LogP contribution in [0.1, 0.15) is 48.9 Å². The Bertz CT molecular complexity index is 914. The molecule has 1 aliphatic rings. The third-order valence-corrected chi connectivity index (χ3v) is 6.37. The highest BCUT2D eigenvalue weighted by molar-refractivity contribution is 6.51. The summed E-state index contributed by atoms with van der Waals surface area (Å²) in [5.74, 6) is -1.35. The van der Waals surface area contributed by atoms with Crippen LogP contribution in [0.15, 0.2) is 18.5 Å². The number of carboxylic acid groups (broad SMARTS) is 1. The molecule has 1 amide bonds. The number of nitrogens with one attached hydrogen (secondary N) is 1. The molecule has 164 valence electrons. The Morgan fingerprint density at radius 2 is 2.17 bits per heavy atom. The Kier molecular flexibility index (Phi) is 6.68. The number of ether oxygens (including phenoxy) is 1. The van der Waals surface area contributed by atoms with Crippen LogP contribution in [0.3, 0.4) is 0 Å². The normalized spacial score (nSPS) is 20.7. The van der Waals surface area contributed by atoms with Gasteiger partial charge in [-0.25, -0.2) is 9.48 Å². The number of aromatic nitrogens is 5. The molecule has 2 aromatic rings. The molecular weight excluding hydrogens is 435 g/mol. The lowest BCUT2D eigenvalue weighted by Gasteiger charge is -2.18. The highest BCUT2D eigenvalue weighted by Gasteiger charge is 2.62. The third kappa shape index (κ3) is 5.11. The zero-order valence-corrected chi connectivity index (χ0v) is 18.2. The maximum Gasteiger partial charge on any atom is 0.356 e. The van der Waals surface area contributed by atoms with E-state index in [9.17, 15) is 9.59 Å². The number of carboxylic acids is 1. The van der Waals surface area contributed by atoms with Crippen molar-refractivity contribution in [3.63, 3.8) is 0 Å². The van der Waals surface area contributed by atoms with Gasteiger partial charge >= 0.3 is 5.97 Å². The molecule has 12 heteroatoms. The van der Waals surface area contributed by atoms with E-state index in [-0.39, 0.29) is 30.2 Å². The van der Waals surface area contributed by atoms with Gasteiger partial charge < -0.3 is 15.2 Å². The highest BCUT2D eigenvalue weighted by atomic mass is 35.5. The van der Waals surface area contributed by atoms with Crippen LogP contribution in [0, 0.1) is 5.41 Å². The highest BCUT2D eigenvalue weighted by Crippen LogP contribution is 2.65. The van der Waals surface area contributed by atoms with E-state index in [0.717, 1.165) is 0 Å². The molecule has 0 bridgehead atoms. The monoisotopic (exact) mass is 458 g/mol. The molecule has 2 heterocycles. The lowest BCUT2D eigenvalue weighted by molar-refractivity contribution is -0.126. The second kappa shape index (κ2) is 8.91. The molecule has 3 rings (SSSR count). The summed E-state index contributed by atoms with van der Waals surface area (Å²) < 4.78 is 7.60. The number of hydrogen-bond donors (Lipinski definition) is 2. The molecule has 2 atom stereocenters. The third-order valence-electron chi connectivity index (χ3n) is 5.19. The molecule has 10 nitrogen and oxygen atoms in total. The average Bonchev–Trinajstić information content (AvgIpc) is 3.11. The second-order valence-corrected chi connectivity index (χ2v) is 9.04. The molecule has 2 N–H and O–H groups in total. The van der Waals surface area contributed by atoms with E-state index in [0.29, 0.717) is 31.7 Å². The molecule has 0 radical (unpaired) electrons. The molecule has 0 spiro atoms. The predicted molar refractivity (Wildman–Crippen MR) is 109 cm³/mol. The first-order valence-electron chi connectivity index (χ1n) is 9.56. The summed E-state index contributed by atoms with van der Waals surface area (Å²) in [7, 11) is 0. The summed E-state index contributed by atoms with van der Waals surface area (Å²) in [6.45, 7) is 5.09. The van der Waals surface area contributed by atoms with E-state index in [1.54, 1.807) is 12.4 Å². The SMILES string of the molecule is CCOCC(C(=O)NCCC1(C)CC1(Cl)Cl)n1cc(Cn2ccc(C(=O)O)n2)nn1. The average molecular weight is 459 g/mol. The van der Waals surface area contributed by atoms with Gasteiger partial charge in [0.2, 0.25) is 5.91 Å². The van der Waals surface area contributed by atoms with Gasteiger partial charge in [0, 0.05) is 24.8 Å². The Labute approximate surface area is 183 Å². The number of amides is 1. The van der Waals surface area contributed by atoms with E-state index in [1.807, 2.05) is 13.8 Å². The van der Waals surface area contributed by atoms with Crippen LogP contribution in [0.25, 0.3) is 0 Å². The number of carbonyl (C=O) groups excluding carboxylic acids is 1. The molecule has 1 aliphatic carbocycles. The van der Waals surface area contributed by atoms with Gasteiger partial charge in [0.05, 0.1) is 19.3 Å². The van der Waals surface area contributed by atoms with Crippen LogP contribution < -0.4 is 5.32 Å². The van der Waals surface area contributed by atoms with Crippen LogP contribution in [0.2, 0.25) is 0 Å². The first-order chi connectivity index (χ1) is 14.1. The molecule has 0 aromatic carbocycles. The summed E-state index contributed by atoms with van der Waals surface area (Å²) >= 11 is 12.3. The van der Waals surface area contributed by atoms with E-state index in [2.05, 4.69) is 20.7 Å². The standard InChI is InChI=1S/C18H24Cl2N6O4/c1-3-30-10-14(15(27)21-6-5-17(2)11-18(17,19)20)26-9-12(22-24-26)8-25-7-4-13(23-25)16(28)29/h4,7,9,14H,3,5-6,8,10-11H2,1-2H3,(H,21,27)(H,28,29). The summed E-state index contributed by atoms with van der Waals surface area (Å²) in [4.78, 5) is 23.7. The van der Waals surface area contributed by atoms with Crippen molar-refractivity contribution < 1.29 is 19.4 Å². The maximum absolute atomic E-state index is 12.7. The lowest BCUT2D eigenvalue weighted by atomic mass is 10.1. The maximum atomic E-state index is 12.7. The summed E-state index contributed by atoms with van der Waals surface area (Å²) in [6.07, 6.45) is 4.53. The molecule has 0 saturated heterocycles. The number of nitrogens with zero attached hydrogens (tertiary/aromatic N) is 5. The zero-order chi connectivity index (χ0) is 21.9. The minimum Gasteiger partial charge on any atom is -0.476 e. The second-order valence-electron chi connectivity index (χ2n) is 7.55. The molecule has 1 fully saturated rings. The molecule has 2 unspecified atom stereocenters. The first kappa shape index (κ1) is 22.5. The first-order valence-corrected chi connectivity index (χ1v) is 10.3. The van der Waals surface area contributed by atoms with Crippen molar-refractivity contribution in [1.82, 2.24) is 30.1 Å². The minimum atomic E-state index is -1.11. The van der Waals surface area contributed by atoms with Crippen molar-refractivity contribution in [3.05, 3.63) is 29.8 Å². The van der Waals surface area contributed by atoms with E-state index in [1.165, 1.54) is 15.4 Å². The van der Waals surface area contributed by atoms with E-state index < -0.39 is 16.3 Å². The van der Waals surface area contributed by atoms with Crippen molar-refractivity contribution in [2.24, 2.45) is 5.41 Å². The van der Waals surface area contributed by atoms with E-state index in [4.69, 9.17) is 33.0 Å².